The van der Waals surface area contributed by atoms with Crippen molar-refractivity contribution in [1.29, 1.82) is 0 Å². The molecule has 5 heteroatoms. The lowest BCUT2D eigenvalue weighted by atomic mass is 10.0. The fraction of sp³-hybridized carbons (Fsp3) is 0.500. The summed E-state index contributed by atoms with van der Waals surface area (Å²) in [4.78, 5) is 12.8. The van der Waals surface area contributed by atoms with Gasteiger partial charge in [-0.3, -0.25) is 0 Å². The Morgan fingerprint density at radius 2 is 2.11 bits per heavy atom. The molecule has 1 saturated heterocycles. The van der Waals surface area contributed by atoms with Gasteiger partial charge in [-0.25, -0.2) is 4.79 Å². The predicted octanol–water partition coefficient (Wildman–Crippen LogP) is 1.79. The van der Waals surface area contributed by atoms with Crippen molar-refractivity contribution in [3.8, 4) is 0 Å². The number of para-hydroxylation sites is 1. The number of anilines is 1. The van der Waals surface area contributed by atoms with E-state index in [0.29, 0.717) is 12.6 Å². The summed E-state index contributed by atoms with van der Waals surface area (Å²) in [6, 6.07) is 8.21. The summed E-state index contributed by atoms with van der Waals surface area (Å²) in [5, 5.41) is 3.53. The maximum atomic E-state index is 11.1. The number of primary amides is 1. The molecule has 0 radical (unpaired) electrons. The molecule has 2 rings (SSSR count). The van der Waals surface area contributed by atoms with Crippen LogP contribution in [-0.2, 0) is 11.3 Å². The van der Waals surface area contributed by atoms with E-state index in [1.165, 1.54) is 0 Å². The molecule has 0 bridgehead atoms. The fourth-order valence-electron chi connectivity index (χ4n) is 2.41. The van der Waals surface area contributed by atoms with E-state index in [1.54, 1.807) is 12.0 Å². The van der Waals surface area contributed by atoms with Crippen LogP contribution in [0.4, 0.5) is 10.5 Å². The number of nitrogens with two attached hydrogens (primary N) is 1. The van der Waals surface area contributed by atoms with Gasteiger partial charge in [0.1, 0.15) is 0 Å². The molecule has 2 amide bonds. The second-order valence-corrected chi connectivity index (χ2v) is 4.83. The minimum Gasteiger partial charge on any atom is -0.382 e. The van der Waals surface area contributed by atoms with Crippen molar-refractivity contribution in [1.82, 2.24) is 4.90 Å². The molecule has 0 atom stereocenters. The van der Waals surface area contributed by atoms with Crippen molar-refractivity contribution in [2.24, 2.45) is 5.73 Å². The molecular formula is C14H21N3O2. The van der Waals surface area contributed by atoms with E-state index < -0.39 is 0 Å². The zero-order valence-electron chi connectivity index (χ0n) is 11.3. The number of piperidine rings is 1. The number of ether oxygens (including phenoxy) is 1. The highest BCUT2D eigenvalue weighted by Crippen LogP contribution is 2.20. The van der Waals surface area contributed by atoms with Gasteiger partial charge < -0.3 is 20.7 Å². The average molecular weight is 263 g/mol. The zero-order chi connectivity index (χ0) is 13.7. The number of nitrogens with one attached hydrogen (secondary N) is 1. The van der Waals surface area contributed by atoms with E-state index in [1.807, 2.05) is 12.1 Å². The van der Waals surface area contributed by atoms with Crippen molar-refractivity contribution >= 4 is 11.7 Å². The fourth-order valence-corrected chi connectivity index (χ4v) is 2.41. The van der Waals surface area contributed by atoms with Gasteiger partial charge in [-0.05, 0) is 18.9 Å². The van der Waals surface area contributed by atoms with E-state index in [-0.39, 0.29) is 6.03 Å². The van der Waals surface area contributed by atoms with Crippen LogP contribution in [-0.4, -0.2) is 37.2 Å². The summed E-state index contributed by atoms with van der Waals surface area (Å²) in [5.41, 5.74) is 7.55. The lowest BCUT2D eigenvalue weighted by Crippen LogP contribution is -2.44. The van der Waals surface area contributed by atoms with Gasteiger partial charge in [-0.2, -0.15) is 0 Å². The molecule has 1 aromatic carbocycles. The van der Waals surface area contributed by atoms with Crippen LogP contribution < -0.4 is 11.1 Å². The molecule has 0 unspecified atom stereocenters. The Balaban J connectivity index is 1.93. The summed E-state index contributed by atoms with van der Waals surface area (Å²) in [7, 11) is 1.70. The third kappa shape index (κ3) is 3.61. The summed E-state index contributed by atoms with van der Waals surface area (Å²) in [6.07, 6.45) is 1.84. The van der Waals surface area contributed by atoms with E-state index in [9.17, 15) is 4.79 Å². The van der Waals surface area contributed by atoms with Crippen molar-refractivity contribution in [2.75, 3.05) is 25.5 Å². The lowest BCUT2D eigenvalue weighted by molar-refractivity contribution is 0.185. The Kier molecular flexibility index (Phi) is 4.63. The number of rotatable bonds is 4. The quantitative estimate of drug-likeness (QED) is 0.870. The largest absolute Gasteiger partial charge is 0.382 e. The summed E-state index contributed by atoms with van der Waals surface area (Å²) in [6.45, 7) is 2.04. The first-order valence-corrected chi connectivity index (χ1v) is 6.58. The molecule has 0 saturated carbocycles. The van der Waals surface area contributed by atoms with Crippen molar-refractivity contribution in [3.05, 3.63) is 29.8 Å². The Morgan fingerprint density at radius 1 is 1.42 bits per heavy atom. The molecule has 0 spiro atoms. The topological polar surface area (TPSA) is 67.6 Å². The number of nitrogens with zero attached hydrogens (tertiary/aromatic N) is 1. The maximum absolute atomic E-state index is 11.1. The van der Waals surface area contributed by atoms with Crippen LogP contribution in [0, 0.1) is 0 Å². The smallest absolute Gasteiger partial charge is 0.314 e. The first-order chi connectivity index (χ1) is 9.20. The average Bonchev–Trinajstić information content (AvgIpc) is 2.42. The molecule has 104 valence electrons. The van der Waals surface area contributed by atoms with Gasteiger partial charge >= 0.3 is 6.03 Å². The first-order valence-electron chi connectivity index (χ1n) is 6.58. The number of hydrogen-bond donors (Lipinski definition) is 2. The van der Waals surface area contributed by atoms with Crippen molar-refractivity contribution < 1.29 is 9.53 Å². The third-order valence-corrected chi connectivity index (χ3v) is 3.48. The number of carbonyl (C=O) groups excluding carboxylic acids is 1. The predicted molar refractivity (Wildman–Crippen MR) is 75.0 cm³/mol. The molecule has 1 aliphatic rings. The lowest BCUT2D eigenvalue weighted by Gasteiger charge is -2.32. The molecule has 5 nitrogen and oxygen atoms in total. The molecule has 0 aromatic heterocycles. The number of likely N-dealkylation sites (tertiary alicyclic amines) is 1. The summed E-state index contributed by atoms with van der Waals surface area (Å²) < 4.78 is 5.20. The maximum Gasteiger partial charge on any atom is 0.314 e. The highest BCUT2D eigenvalue weighted by molar-refractivity contribution is 5.72. The number of urea groups is 1. The normalized spacial score (nSPS) is 16.4. The number of methoxy groups -OCH3 is 1. The van der Waals surface area contributed by atoms with Crippen molar-refractivity contribution in [3.63, 3.8) is 0 Å². The number of carbonyl (C=O) groups is 1. The van der Waals surface area contributed by atoms with Crippen LogP contribution in [0.3, 0.4) is 0 Å². The summed E-state index contributed by atoms with van der Waals surface area (Å²) >= 11 is 0. The van der Waals surface area contributed by atoms with Crippen LogP contribution in [0.15, 0.2) is 24.3 Å². The van der Waals surface area contributed by atoms with E-state index in [4.69, 9.17) is 10.5 Å². The van der Waals surface area contributed by atoms with Gasteiger partial charge in [0.15, 0.2) is 0 Å². The molecule has 0 aliphatic carbocycles. The minimum absolute atomic E-state index is 0.321. The SMILES string of the molecule is COCc1ccccc1NC1CCN(C(N)=O)CC1. The molecule has 19 heavy (non-hydrogen) atoms. The second-order valence-electron chi connectivity index (χ2n) is 4.83. The molecule has 3 N–H and O–H groups in total. The third-order valence-electron chi connectivity index (χ3n) is 3.48. The van der Waals surface area contributed by atoms with Gasteiger partial charge in [0.2, 0.25) is 0 Å². The van der Waals surface area contributed by atoms with Crippen LogP contribution in [0.5, 0.6) is 0 Å². The monoisotopic (exact) mass is 263 g/mol. The van der Waals surface area contributed by atoms with Crippen LogP contribution >= 0.6 is 0 Å². The Morgan fingerprint density at radius 3 is 2.74 bits per heavy atom. The molecular weight excluding hydrogens is 242 g/mol. The van der Waals surface area contributed by atoms with Crippen molar-refractivity contribution in [2.45, 2.75) is 25.5 Å². The molecule has 1 heterocycles. The minimum atomic E-state index is -0.321. The Labute approximate surface area is 113 Å². The van der Waals surface area contributed by atoms with Crippen LogP contribution in [0.2, 0.25) is 0 Å². The molecule has 1 fully saturated rings. The van der Waals surface area contributed by atoms with Crippen LogP contribution in [0.1, 0.15) is 18.4 Å². The van der Waals surface area contributed by atoms with E-state index in [2.05, 4.69) is 17.4 Å². The highest BCUT2D eigenvalue weighted by atomic mass is 16.5. The van der Waals surface area contributed by atoms with Gasteiger partial charge in [-0.1, -0.05) is 18.2 Å². The second kappa shape index (κ2) is 6.43. The van der Waals surface area contributed by atoms with Gasteiger partial charge in [0.25, 0.3) is 0 Å². The number of hydrogen-bond acceptors (Lipinski definition) is 3. The zero-order valence-corrected chi connectivity index (χ0v) is 11.3. The van der Waals surface area contributed by atoms with E-state index in [0.717, 1.165) is 37.2 Å². The number of benzene rings is 1. The Hall–Kier alpha value is -1.75. The van der Waals surface area contributed by atoms with Gasteiger partial charge in [0, 0.05) is 37.5 Å². The van der Waals surface area contributed by atoms with E-state index >= 15 is 0 Å². The standard InChI is InChI=1S/C14H21N3O2/c1-19-10-11-4-2-3-5-13(11)16-12-6-8-17(9-7-12)14(15)18/h2-5,12,16H,6-10H2,1H3,(H2,15,18). The van der Waals surface area contributed by atoms with Gasteiger partial charge in [0.05, 0.1) is 6.61 Å². The summed E-state index contributed by atoms with van der Waals surface area (Å²) in [5.74, 6) is 0. The first kappa shape index (κ1) is 13.7. The Bertz CT molecular complexity index is 428. The number of amides is 2. The molecule has 1 aliphatic heterocycles. The molecule has 1 aromatic rings. The van der Waals surface area contributed by atoms with Crippen LogP contribution in [0.25, 0.3) is 0 Å². The highest BCUT2D eigenvalue weighted by Gasteiger charge is 2.21. The van der Waals surface area contributed by atoms with Gasteiger partial charge in [-0.15, -0.1) is 0 Å².